The average Bonchev–Trinajstić information content (AvgIpc) is 2.58. The molecule has 0 amide bonds. The molecule has 2 nitrogen and oxygen atoms in total. The number of hydrogen-bond acceptors (Lipinski definition) is 2. The number of hydrogen-bond donors (Lipinski definition) is 0. The quantitative estimate of drug-likeness (QED) is 0.714. The molecular weight excluding hydrogens is 243 g/mol. The molecule has 17 heavy (non-hydrogen) atoms. The van der Waals surface area contributed by atoms with E-state index in [9.17, 15) is 22.0 Å². The van der Waals surface area contributed by atoms with Crippen molar-refractivity contribution in [2.24, 2.45) is 0 Å². The minimum absolute atomic E-state index is 0.118. The minimum Gasteiger partial charge on any atom is -0.350 e. The van der Waals surface area contributed by atoms with Gasteiger partial charge in [0.15, 0.2) is 0 Å². The molecule has 94 valence electrons. The highest BCUT2D eigenvalue weighted by Crippen LogP contribution is 2.38. The van der Waals surface area contributed by atoms with Crippen molar-refractivity contribution >= 4 is 5.82 Å². The van der Waals surface area contributed by atoms with Crippen molar-refractivity contribution in [3.05, 3.63) is 23.9 Å². The molecule has 1 aromatic heterocycles. The van der Waals surface area contributed by atoms with E-state index in [1.807, 2.05) is 0 Å². The topological polar surface area (TPSA) is 16.1 Å². The monoisotopic (exact) mass is 252 g/mol. The summed E-state index contributed by atoms with van der Waals surface area (Å²) in [6, 6.07) is 1.99. The summed E-state index contributed by atoms with van der Waals surface area (Å²) in [5.74, 6) is -3.36. The number of alkyl halides is 5. The molecule has 0 bridgehead atoms. The van der Waals surface area contributed by atoms with Crippen molar-refractivity contribution < 1.29 is 22.0 Å². The second kappa shape index (κ2) is 3.82. The molecule has 0 aliphatic carbocycles. The van der Waals surface area contributed by atoms with Gasteiger partial charge < -0.3 is 4.90 Å². The number of halogens is 5. The summed E-state index contributed by atoms with van der Waals surface area (Å²) < 4.78 is 63.8. The summed E-state index contributed by atoms with van der Waals surface area (Å²) in [4.78, 5) is 4.54. The zero-order valence-corrected chi connectivity index (χ0v) is 8.64. The molecule has 7 heteroatoms. The predicted octanol–water partition coefficient (Wildman–Crippen LogP) is 2.95. The first kappa shape index (κ1) is 12.1. The number of anilines is 1. The maximum absolute atomic E-state index is 13.0. The van der Waals surface area contributed by atoms with Crippen LogP contribution in [0, 0.1) is 0 Å². The zero-order valence-electron chi connectivity index (χ0n) is 8.64. The average molecular weight is 252 g/mol. The lowest BCUT2D eigenvalue weighted by Gasteiger charge is -2.21. The Balaban J connectivity index is 2.34. The Morgan fingerprint density at radius 1 is 1.29 bits per heavy atom. The van der Waals surface area contributed by atoms with Gasteiger partial charge >= 0.3 is 6.18 Å². The van der Waals surface area contributed by atoms with Gasteiger partial charge in [0.25, 0.3) is 5.92 Å². The Morgan fingerprint density at radius 2 is 2.00 bits per heavy atom. The first-order valence-corrected chi connectivity index (χ1v) is 4.95. The van der Waals surface area contributed by atoms with E-state index >= 15 is 0 Å². The Hall–Kier alpha value is -1.40. The van der Waals surface area contributed by atoms with Gasteiger partial charge in [-0.15, -0.1) is 0 Å². The second-order valence-electron chi connectivity index (χ2n) is 3.90. The van der Waals surface area contributed by atoms with Crippen LogP contribution in [0.1, 0.15) is 12.0 Å². The molecule has 1 aliphatic rings. The summed E-state index contributed by atoms with van der Waals surface area (Å²) in [5, 5.41) is 0. The standard InChI is InChI=1S/C10H9F5N2/c11-9(12)3-5-17(6-9)8-7(10(13,14)15)2-1-4-16-8/h1-2,4H,3,5-6H2. The molecule has 0 saturated carbocycles. The molecule has 0 unspecified atom stereocenters. The van der Waals surface area contributed by atoms with Crippen molar-refractivity contribution in [2.75, 3.05) is 18.0 Å². The molecule has 0 N–H and O–H groups in total. The van der Waals surface area contributed by atoms with Crippen LogP contribution in [-0.2, 0) is 6.18 Å². The SMILES string of the molecule is FC1(F)CCN(c2ncccc2C(F)(F)F)C1. The molecule has 0 radical (unpaired) electrons. The van der Waals surface area contributed by atoms with E-state index in [2.05, 4.69) is 4.98 Å². The number of nitrogens with zero attached hydrogens (tertiary/aromatic N) is 2. The smallest absolute Gasteiger partial charge is 0.350 e. The normalized spacial score (nSPS) is 19.7. The highest BCUT2D eigenvalue weighted by molar-refractivity contribution is 5.49. The number of aromatic nitrogens is 1. The summed E-state index contributed by atoms with van der Waals surface area (Å²) in [6.07, 6.45) is -3.86. The fourth-order valence-corrected chi connectivity index (χ4v) is 1.79. The second-order valence-corrected chi connectivity index (χ2v) is 3.90. The van der Waals surface area contributed by atoms with Crippen LogP contribution in [0.2, 0.25) is 0 Å². The van der Waals surface area contributed by atoms with Crippen LogP contribution in [0.5, 0.6) is 0 Å². The van der Waals surface area contributed by atoms with Gasteiger partial charge in [0.2, 0.25) is 0 Å². The van der Waals surface area contributed by atoms with Crippen molar-refractivity contribution in [2.45, 2.75) is 18.5 Å². The van der Waals surface area contributed by atoms with Crippen LogP contribution >= 0.6 is 0 Å². The zero-order chi connectivity index (χ0) is 12.7. The molecule has 1 saturated heterocycles. The van der Waals surface area contributed by atoms with Crippen LogP contribution in [0.3, 0.4) is 0 Å². The highest BCUT2D eigenvalue weighted by Gasteiger charge is 2.42. The Kier molecular flexibility index (Phi) is 2.71. The van der Waals surface area contributed by atoms with Crippen LogP contribution in [0.4, 0.5) is 27.8 Å². The third-order valence-electron chi connectivity index (χ3n) is 2.56. The fraction of sp³-hybridized carbons (Fsp3) is 0.500. The summed E-state index contributed by atoms with van der Waals surface area (Å²) in [5.41, 5.74) is -0.974. The fourth-order valence-electron chi connectivity index (χ4n) is 1.79. The van der Waals surface area contributed by atoms with Crippen molar-refractivity contribution in [3.8, 4) is 0 Å². The third kappa shape index (κ3) is 2.48. The number of rotatable bonds is 1. The molecule has 0 atom stereocenters. The van der Waals surface area contributed by atoms with Crippen molar-refractivity contribution in [1.29, 1.82) is 0 Å². The van der Waals surface area contributed by atoms with Gasteiger partial charge in [-0.2, -0.15) is 13.2 Å². The van der Waals surface area contributed by atoms with Crippen molar-refractivity contribution in [1.82, 2.24) is 4.98 Å². The Labute approximate surface area is 94.1 Å². The van der Waals surface area contributed by atoms with Gasteiger partial charge in [-0.25, -0.2) is 13.8 Å². The van der Waals surface area contributed by atoms with Crippen LogP contribution in [0.25, 0.3) is 0 Å². The Bertz CT molecular complexity index is 415. The molecule has 1 aliphatic heterocycles. The lowest BCUT2D eigenvalue weighted by molar-refractivity contribution is -0.137. The van der Waals surface area contributed by atoms with E-state index in [1.54, 1.807) is 0 Å². The largest absolute Gasteiger partial charge is 0.419 e. The van der Waals surface area contributed by atoms with Gasteiger partial charge in [-0.1, -0.05) is 0 Å². The molecule has 1 fully saturated rings. The molecule has 0 spiro atoms. The molecular formula is C10H9F5N2. The lowest BCUT2D eigenvalue weighted by atomic mass is 10.2. The lowest BCUT2D eigenvalue weighted by Crippen LogP contribution is -2.27. The van der Waals surface area contributed by atoms with E-state index in [0.29, 0.717) is 0 Å². The summed E-state index contributed by atoms with van der Waals surface area (Å²) >= 11 is 0. The molecule has 2 rings (SSSR count). The Morgan fingerprint density at radius 3 is 2.53 bits per heavy atom. The van der Waals surface area contributed by atoms with Crippen LogP contribution in [0.15, 0.2) is 18.3 Å². The van der Waals surface area contributed by atoms with E-state index in [-0.39, 0.29) is 6.54 Å². The first-order chi connectivity index (χ1) is 7.80. The van der Waals surface area contributed by atoms with E-state index < -0.39 is 36.4 Å². The highest BCUT2D eigenvalue weighted by atomic mass is 19.4. The van der Waals surface area contributed by atoms with E-state index in [1.165, 1.54) is 6.20 Å². The molecule has 0 aromatic carbocycles. The number of pyridine rings is 1. The summed E-state index contributed by atoms with van der Waals surface area (Å²) in [6.45, 7) is -0.833. The van der Waals surface area contributed by atoms with Gasteiger partial charge in [0, 0.05) is 19.2 Å². The predicted molar refractivity (Wildman–Crippen MR) is 51.0 cm³/mol. The third-order valence-corrected chi connectivity index (χ3v) is 2.56. The first-order valence-electron chi connectivity index (χ1n) is 4.95. The molecule has 1 aromatic rings. The van der Waals surface area contributed by atoms with Crippen LogP contribution in [-0.4, -0.2) is 24.0 Å². The molecule has 2 heterocycles. The van der Waals surface area contributed by atoms with Gasteiger partial charge in [-0.3, -0.25) is 0 Å². The minimum atomic E-state index is -4.58. The van der Waals surface area contributed by atoms with Crippen molar-refractivity contribution in [3.63, 3.8) is 0 Å². The van der Waals surface area contributed by atoms with Crippen LogP contribution < -0.4 is 4.90 Å². The van der Waals surface area contributed by atoms with E-state index in [4.69, 9.17) is 0 Å². The van der Waals surface area contributed by atoms with Gasteiger partial charge in [0.05, 0.1) is 12.1 Å². The van der Waals surface area contributed by atoms with E-state index in [0.717, 1.165) is 17.0 Å². The summed E-state index contributed by atoms with van der Waals surface area (Å²) in [7, 11) is 0. The maximum Gasteiger partial charge on any atom is 0.419 e. The van der Waals surface area contributed by atoms with Gasteiger partial charge in [-0.05, 0) is 12.1 Å². The van der Waals surface area contributed by atoms with Gasteiger partial charge in [0.1, 0.15) is 5.82 Å². The maximum atomic E-state index is 13.0.